The molecule has 0 aliphatic rings. The number of rotatable bonds is 10. The van der Waals surface area contributed by atoms with Crippen molar-refractivity contribution in [2.75, 3.05) is 0 Å². The second kappa shape index (κ2) is 9.69. The molecule has 0 radical (unpaired) electrons. The summed E-state index contributed by atoms with van der Waals surface area (Å²) in [6.45, 7) is 6.89. The minimum Gasteiger partial charge on any atom is -0.529 e. The molecule has 2 nitrogen and oxygen atoms in total. The molecule has 0 aliphatic carbocycles. The summed E-state index contributed by atoms with van der Waals surface area (Å²) in [5, 5.41) is 0. The molecule has 0 aromatic heterocycles. The molecule has 0 spiro atoms. The van der Waals surface area contributed by atoms with E-state index in [2.05, 4.69) is 20.8 Å². The maximum atomic E-state index is 11.0. The summed E-state index contributed by atoms with van der Waals surface area (Å²) in [5.74, 6) is -0.0181. The molecule has 0 N–H and O–H groups in total. The van der Waals surface area contributed by atoms with Crippen LogP contribution in [0.2, 0.25) is 0 Å². The zero-order valence-electron chi connectivity index (χ0n) is 12.2. The molecular formula is C14H30O2Si. The topological polar surface area (TPSA) is 26.3 Å². The molecule has 0 heterocycles. The first kappa shape index (κ1) is 16.7. The van der Waals surface area contributed by atoms with Crippen LogP contribution < -0.4 is 0 Å². The molecule has 0 atom stereocenters. The van der Waals surface area contributed by atoms with Gasteiger partial charge in [0.25, 0.3) is 5.97 Å². The minimum atomic E-state index is -0.0181. The highest BCUT2D eigenvalue weighted by Gasteiger charge is 2.17. The fraction of sp³-hybridized carbons (Fsp3) is 0.929. The predicted octanol–water partition coefficient (Wildman–Crippen LogP) is 3.37. The monoisotopic (exact) mass is 258 g/mol. The summed E-state index contributed by atoms with van der Waals surface area (Å²) < 4.78 is 4.79. The Labute approximate surface area is 110 Å². The van der Waals surface area contributed by atoms with Crippen LogP contribution in [0.3, 0.4) is 0 Å². The van der Waals surface area contributed by atoms with Crippen LogP contribution in [-0.2, 0) is 9.22 Å². The Morgan fingerprint density at radius 3 is 2.24 bits per heavy atom. The first-order chi connectivity index (χ1) is 8.02. The van der Waals surface area contributed by atoms with Gasteiger partial charge < -0.3 is 4.43 Å². The van der Waals surface area contributed by atoms with E-state index in [1.54, 1.807) is 0 Å². The first-order valence-corrected chi connectivity index (χ1v) is 7.90. The minimum absolute atomic E-state index is 0.0181. The molecule has 0 saturated carbocycles. The van der Waals surface area contributed by atoms with E-state index in [0.717, 1.165) is 12.8 Å². The van der Waals surface area contributed by atoms with Crippen LogP contribution in [0.15, 0.2) is 0 Å². The van der Waals surface area contributed by atoms with Crippen molar-refractivity contribution in [1.82, 2.24) is 0 Å². The fourth-order valence-electron chi connectivity index (χ4n) is 2.15. The van der Waals surface area contributed by atoms with Crippen LogP contribution in [0.5, 0.6) is 0 Å². The first-order valence-electron chi connectivity index (χ1n) is 7.08. The normalized spacial score (nSPS) is 11.7. The van der Waals surface area contributed by atoms with E-state index in [1.807, 2.05) is 0 Å². The van der Waals surface area contributed by atoms with Gasteiger partial charge in [0.1, 0.15) is 0 Å². The van der Waals surface area contributed by atoms with Gasteiger partial charge in [-0.2, -0.15) is 0 Å². The van der Waals surface area contributed by atoms with Gasteiger partial charge in [-0.1, -0.05) is 52.9 Å². The Balaban J connectivity index is 3.54. The molecule has 0 amide bonds. The third-order valence-corrected chi connectivity index (χ3v) is 3.87. The second-order valence-corrected chi connectivity index (χ2v) is 6.17. The molecule has 0 aromatic rings. The van der Waals surface area contributed by atoms with E-state index in [0.29, 0.717) is 22.3 Å². The number of hydrogen-bond donors (Lipinski definition) is 0. The molecule has 0 bridgehead atoms. The molecule has 0 saturated heterocycles. The zero-order chi connectivity index (χ0) is 13.1. The second-order valence-electron chi connectivity index (χ2n) is 5.76. The molecule has 0 fully saturated rings. The molecule has 0 rings (SSSR count). The highest BCUT2D eigenvalue weighted by atomic mass is 28.2. The molecule has 3 heteroatoms. The summed E-state index contributed by atoms with van der Waals surface area (Å²) in [4.78, 5) is 11.0. The van der Waals surface area contributed by atoms with E-state index in [1.165, 1.54) is 38.5 Å². The fourth-order valence-corrected chi connectivity index (χ4v) is 2.35. The van der Waals surface area contributed by atoms with Crippen molar-refractivity contribution >= 4 is 16.5 Å². The van der Waals surface area contributed by atoms with Gasteiger partial charge in [0.15, 0.2) is 0 Å². The van der Waals surface area contributed by atoms with Crippen molar-refractivity contribution in [3.05, 3.63) is 0 Å². The van der Waals surface area contributed by atoms with Gasteiger partial charge in [-0.25, -0.2) is 0 Å². The summed E-state index contributed by atoms with van der Waals surface area (Å²) in [6.07, 6.45) is 10.7. The van der Waals surface area contributed by atoms with Crippen LogP contribution in [0, 0.1) is 5.41 Å². The average Bonchev–Trinajstić information content (AvgIpc) is 2.28. The lowest BCUT2D eigenvalue weighted by Crippen LogP contribution is -2.12. The summed E-state index contributed by atoms with van der Waals surface area (Å²) in [7, 11) is 0.532. The van der Waals surface area contributed by atoms with E-state index < -0.39 is 0 Å². The maximum absolute atomic E-state index is 11.0. The van der Waals surface area contributed by atoms with Gasteiger partial charge >= 0.3 is 0 Å². The van der Waals surface area contributed by atoms with Crippen molar-refractivity contribution in [1.29, 1.82) is 0 Å². The Hall–Kier alpha value is -0.313. The quantitative estimate of drug-likeness (QED) is 0.443. The molecule has 17 heavy (non-hydrogen) atoms. The van der Waals surface area contributed by atoms with Crippen molar-refractivity contribution in [2.24, 2.45) is 5.41 Å². The number of carbonyl (C=O) groups is 1. The third-order valence-electron chi connectivity index (χ3n) is 3.42. The highest BCUT2D eigenvalue weighted by molar-refractivity contribution is 6.05. The molecule has 102 valence electrons. The number of carbonyl (C=O) groups excluding carboxylic acids is 1. The standard InChI is InChI=1S/C14H30O2Si/c1-4-5-6-7-8-11-14(2,3)12-9-10-13(15)16-17/h4-12H2,1-3,17H3. The smallest absolute Gasteiger partial charge is 0.291 e. The van der Waals surface area contributed by atoms with Gasteiger partial charge in [0.05, 0.1) is 0 Å². The van der Waals surface area contributed by atoms with E-state index in [9.17, 15) is 4.79 Å². The summed E-state index contributed by atoms with van der Waals surface area (Å²) in [6, 6.07) is 0. The van der Waals surface area contributed by atoms with Gasteiger partial charge in [-0.15, -0.1) is 0 Å². The predicted molar refractivity (Wildman–Crippen MR) is 77.0 cm³/mol. The van der Waals surface area contributed by atoms with Crippen LogP contribution in [0.1, 0.15) is 78.6 Å². The van der Waals surface area contributed by atoms with Crippen LogP contribution >= 0.6 is 0 Å². The lowest BCUT2D eigenvalue weighted by Gasteiger charge is -2.24. The molecule has 0 aliphatic heterocycles. The van der Waals surface area contributed by atoms with Crippen LogP contribution in [-0.4, -0.2) is 16.5 Å². The lowest BCUT2D eigenvalue weighted by atomic mass is 9.82. The molecular weight excluding hydrogens is 228 g/mol. The third kappa shape index (κ3) is 10.6. The highest BCUT2D eigenvalue weighted by Crippen LogP contribution is 2.30. The van der Waals surface area contributed by atoms with Gasteiger partial charge in [-0.05, 0) is 24.7 Å². The maximum Gasteiger partial charge on any atom is 0.291 e. The number of hydrogen-bond acceptors (Lipinski definition) is 2. The Bertz CT molecular complexity index is 202. The van der Waals surface area contributed by atoms with E-state index in [4.69, 9.17) is 4.43 Å². The Morgan fingerprint density at radius 2 is 1.65 bits per heavy atom. The summed E-state index contributed by atoms with van der Waals surface area (Å²) in [5.41, 5.74) is 0.387. The lowest BCUT2D eigenvalue weighted by molar-refractivity contribution is -0.134. The van der Waals surface area contributed by atoms with Crippen LogP contribution in [0.25, 0.3) is 0 Å². The summed E-state index contributed by atoms with van der Waals surface area (Å²) >= 11 is 0. The van der Waals surface area contributed by atoms with Gasteiger partial charge in [0, 0.05) is 6.42 Å². The van der Waals surface area contributed by atoms with Crippen molar-refractivity contribution < 1.29 is 9.22 Å². The van der Waals surface area contributed by atoms with E-state index in [-0.39, 0.29) is 5.97 Å². The van der Waals surface area contributed by atoms with Crippen molar-refractivity contribution in [3.63, 3.8) is 0 Å². The average molecular weight is 258 g/mol. The van der Waals surface area contributed by atoms with Crippen LogP contribution in [0.4, 0.5) is 0 Å². The molecule has 0 unspecified atom stereocenters. The van der Waals surface area contributed by atoms with Gasteiger partial charge in [-0.3, -0.25) is 4.79 Å². The zero-order valence-corrected chi connectivity index (χ0v) is 14.2. The Morgan fingerprint density at radius 1 is 1.06 bits per heavy atom. The van der Waals surface area contributed by atoms with Crippen molar-refractivity contribution in [2.45, 2.75) is 78.6 Å². The SMILES string of the molecule is CCCCCCCC(C)(C)CCCC(=O)O[SiH3]. The largest absolute Gasteiger partial charge is 0.529 e. The number of unbranched alkanes of at least 4 members (excludes halogenated alkanes) is 4. The van der Waals surface area contributed by atoms with Crippen molar-refractivity contribution in [3.8, 4) is 0 Å². The Kier molecular flexibility index (Phi) is 9.51. The molecule has 0 aromatic carbocycles. The van der Waals surface area contributed by atoms with Gasteiger partial charge in [0.2, 0.25) is 10.5 Å². The van der Waals surface area contributed by atoms with E-state index >= 15 is 0 Å².